The predicted molar refractivity (Wildman–Crippen MR) is 111 cm³/mol. The Bertz CT molecular complexity index is 1090. The van der Waals surface area contributed by atoms with Gasteiger partial charge in [-0.25, -0.2) is 9.78 Å². The van der Waals surface area contributed by atoms with E-state index in [1.807, 2.05) is 31.2 Å². The standard InChI is InChI=1S/C23H23N3O3/c1-15-24-21(12-22(27)25-15)18-10-11-26(14-18)13-16-6-8-17(9-7-16)19-4-2-3-5-20(19)23(28)29/h2-9,12,18H,10-11,13-14H2,1H3,(H,28,29)(H,24,25,27)/t18-/m0/s1. The Balaban J connectivity index is 1.45. The molecule has 0 aliphatic carbocycles. The van der Waals surface area contributed by atoms with Gasteiger partial charge in [0, 0.05) is 25.1 Å². The van der Waals surface area contributed by atoms with Crippen molar-refractivity contribution in [1.82, 2.24) is 14.9 Å². The number of H-pyrrole nitrogens is 1. The van der Waals surface area contributed by atoms with Crippen molar-refractivity contribution >= 4 is 5.97 Å². The lowest BCUT2D eigenvalue weighted by Gasteiger charge is -2.16. The topological polar surface area (TPSA) is 86.3 Å². The summed E-state index contributed by atoms with van der Waals surface area (Å²) in [6.45, 7) is 4.46. The van der Waals surface area contributed by atoms with E-state index in [0.717, 1.165) is 42.9 Å². The highest BCUT2D eigenvalue weighted by atomic mass is 16.4. The summed E-state index contributed by atoms with van der Waals surface area (Å²) in [7, 11) is 0. The summed E-state index contributed by atoms with van der Waals surface area (Å²) in [5.74, 6) is 0.0114. The molecule has 1 fully saturated rings. The maximum Gasteiger partial charge on any atom is 0.336 e. The molecule has 0 amide bonds. The quantitative estimate of drug-likeness (QED) is 0.698. The monoisotopic (exact) mass is 389 g/mol. The number of hydrogen-bond donors (Lipinski definition) is 2. The second kappa shape index (κ2) is 8.01. The second-order valence-corrected chi connectivity index (χ2v) is 7.52. The fourth-order valence-electron chi connectivity index (χ4n) is 4.00. The van der Waals surface area contributed by atoms with Crippen LogP contribution >= 0.6 is 0 Å². The van der Waals surface area contributed by atoms with Crippen LogP contribution in [0.3, 0.4) is 0 Å². The number of carbonyl (C=O) groups is 1. The van der Waals surface area contributed by atoms with Crippen LogP contribution in [0.2, 0.25) is 0 Å². The van der Waals surface area contributed by atoms with Crippen LogP contribution in [-0.4, -0.2) is 39.0 Å². The molecule has 2 N–H and O–H groups in total. The number of hydrogen-bond acceptors (Lipinski definition) is 4. The first-order valence-electron chi connectivity index (χ1n) is 9.71. The minimum Gasteiger partial charge on any atom is -0.478 e. The van der Waals surface area contributed by atoms with Gasteiger partial charge in [0.15, 0.2) is 0 Å². The van der Waals surface area contributed by atoms with Crippen molar-refractivity contribution in [2.24, 2.45) is 0 Å². The van der Waals surface area contributed by atoms with Gasteiger partial charge in [0.25, 0.3) is 5.56 Å². The Morgan fingerprint density at radius 3 is 2.69 bits per heavy atom. The van der Waals surface area contributed by atoms with Crippen LogP contribution in [0.1, 0.15) is 39.8 Å². The number of aromatic carboxylic acids is 1. The molecular weight excluding hydrogens is 366 g/mol. The summed E-state index contributed by atoms with van der Waals surface area (Å²) in [6, 6.07) is 16.7. The molecule has 1 aromatic heterocycles. The van der Waals surface area contributed by atoms with E-state index < -0.39 is 5.97 Å². The Kier molecular flexibility index (Phi) is 5.27. The summed E-state index contributed by atoms with van der Waals surface area (Å²) in [5, 5.41) is 9.39. The van der Waals surface area contributed by atoms with Gasteiger partial charge in [-0.15, -0.1) is 0 Å². The third-order valence-electron chi connectivity index (χ3n) is 5.40. The van der Waals surface area contributed by atoms with Gasteiger partial charge < -0.3 is 10.1 Å². The van der Waals surface area contributed by atoms with Crippen molar-refractivity contribution in [3.8, 4) is 11.1 Å². The predicted octanol–water partition coefficient (Wildman–Crippen LogP) is 3.43. The molecule has 6 heteroatoms. The molecule has 0 bridgehead atoms. The maximum absolute atomic E-state index is 11.7. The molecule has 0 saturated carbocycles. The normalized spacial score (nSPS) is 16.8. The van der Waals surface area contributed by atoms with Gasteiger partial charge in [-0.3, -0.25) is 9.69 Å². The van der Waals surface area contributed by atoms with Gasteiger partial charge >= 0.3 is 5.97 Å². The lowest BCUT2D eigenvalue weighted by Crippen LogP contribution is -2.20. The molecule has 148 valence electrons. The molecule has 0 unspecified atom stereocenters. The number of rotatable bonds is 5. The lowest BCUT2D eigenvalue weighted by molar-refractivity contribution is 0.0697. The molecule has 0 radical (unpaired) electrons. The van der Waals surface area contributed by atoms with Crippen molar-refractivity contribution in [3.05, 3.63) is 87.6 Å². The summed E-state index contributed by atoms with van der Waals surface area (Å²) in [6.07, 6.45) is 0.986. The Morgan fingerprint density at radius 1 is 1.21 bits per heavy atom. The van der Waals surface area contributed by atoms with E-state index in [9.17, 15) is 14.7 Å². The van der Waals surface area contributed by atoms with Crippen molar-refractivity contribution in [2.75, 3.05) is 13.1 Å². The number of carboxylic acid groups (broad SMARTS) is 1. The fraction of sp³-hybridized carbons (Fsp3) is 0.261. The van der Waals surface area contributed by atoms with E-state index in [-0.39, 0.29) is 11.5 Å². The van der Waals surface area contributed by atoms with Crippen molar-refractivity contribution in [1.29, 1.82) is 0 Å². The van der Waals surface area contributed by atoms with E-state index in [1.165, 1.54) is 5.56 Å². The first-order valence-corrected chi connectivity index (χ1v) is 9.71. The van der Waals surface area contributed by atoms with Crippen LogP contribution in [-0.2, 0) is 6.54 Å². The molecule has 1 aliphatic rings. The zero-order valence-corrected chi connectivity index (χ0v) is 16.3. The number of aromatic nitrogens is 2. The van der Waals surface area contributed by atoms with Crippen LogP contribution in [0, 0.1) is 6.92 Å². The number of carboxylic acids is 1. The Hall–Kier alpha value is -3.25. The molecule has 2 heterocycles. The average Bonchev–Trinajstić information content (AvgIpc) is 3.16. The van der Waals surface area contributed by atoms with E-state index in [0.29, 0.717) is 11.4 Å². The van der Waals surface area contributed by atoms with Gasteiger partial charge in [0.05, 0.1) is 11.3 Å². The lowest BCUT2D eigenvalue weighted by atomic mass is 9.98. The number of aryl methyl sites for hydroxylation is 1. The number of likely N-dealkylation sites (tertiary alicyclic amines) is 1. The molecule has 3 aromatic rings. The van der Waals surface area contributed by atoms with Crippen molar-refractivity contribution < 1.29 is 9.90 Å². The Morgan fingerprint density at radius 2 is 1.97 bits per heavy atom. The third kappa shape index (κ3) is 4.27. The molecule has 6 nitrogen and oxygen atoms in total. The van der Waals surface area contributed by atoms with Crippen LogP contribution < -0.4 is 5.56 Å². The summed E-state index contributed by atoms with van der Waals surface area (Å²) in [5.41, 5.74) is 3.89. The average molecular weight is 389 g/mol. The Labute approximate surface area is 168 Å². The van der Waals surface area contributed by atoms with Gasteiger partial charge in [-0.1, -0.05) is 42.5 Å². The number of nitrogens with zero attached hydrogens (tertiary/aromatic N) is 2. The number of nitrogens with one attached hydrogen (secondary N) is 1. The van der Waals surface area contributed by atoms with E-state index in [4.69, 9.17) is 0 Å². The molecular formula is C23H23N3O3. The van der Waals surface area contributed by atoms with Gasteiger partial charge in [-0.2, -0.15) is 0 Å². The summed E-state index contributed by atoms with van der Waals surface area (Å²) in [4.78, 5) is 32.7. The van der Waals surface area contributed by atoms with E-state index >= 15 is 0 Å². The fourth-order valence-corrected chi connectivity index (χ4v) is 4.00. The van der Waals surface area contributed by atoms with Gasteiger partial charge in [-0.05, 0) is 42.6 Å². The van der Waals surface area contributed by atoms with Crippen LogP contribution in [0.25, 0.3) is 11.1 Å². The minimum atomic E-state index is -0.920. The minimum absolute atomic E-state index is 0.0943. The van der Waals surface area contributed by atoms with Crippen LogP contribution in [0.4, 0.5) is 0 Å². The van der Waals surface area contributed by atoms with Gasteiger partial charge in [0.2, 0.25) is 0 Å². The second-order valence-electron chi connectivity index (χ2n) is 7.52. The zero-order chi connectivity index (χ0) is 20.4. The van der Waals surface area contributed by atoms with Gasteiger partial charge in [0.1, 0.15) is 5.82 Å². The highest BCUT2D eigenvalue weighted by molar-refractivity contribution is 5.95. The smallest absolute Gasteiger partial charge is 0.336 e. The maximum atomic E-state index is 11.7. The highest BCUT2D eigenvalue weighted by Gasteiger charge is 2.25. The number of aromatic amines is 1. The largest absolute Gasteiger partial charge is 0.478 e. The molecule has 2 aromatic carbocycles. The van der Waals surface area contributed by atoms with Crippen LogP contribution in [0.15, 0.2) is 59.4 Å². The third-order valence-corrected chi connectivity index (χ3v) is 5.40. The van der Waals surface area contributed by atoms with Crippen molar-refractivity contribution in [2.45, 2.75) is 25.8 Å². The molecule has 1 aliphatic heterocycles. The summed E-state index contributed by atoms with van der Waals surface area (Å²) >= 11 is 0. The number of benzene rings is 2. The molecule has 1 atom stereocenters. The van der Waals surface area contributed by atoms with E-state index in [1.54, 1.807) is 18.2 Å². The first-order chi connectivity index (χ1) is 14.0. The van der Waals surface area contributed by atoms with Crippen molar-refractivity contribution in [3.63, 3.8) is 0 Å². The molecule has 4 rings (SSSR count). The molecule has 0 spiro atoms. The SMILES string of the molecule is Cc1nc([C@H]2CCN(Cc3ccc(-c4ccccc4C(=O)O)cc3)C2)cc(=O)[nH]1. The molecule has 1 saturated heterocycles. The van der Waals surface area contributed by atoms with E-state index in [2.05, 4.69) is 27.0 Å². The first kappa shape index (κ1) is 19.1. The molecule has 29 heavy (non-hydrogen) atoms. The zero-order valence-electron chi connectivity index (χ0n) is 16.3. The summed E-state index contributed by atoms with van der Waals surface area (Å²) < 4.78 is 0. The highest BCUT2D eigenvalue weighted by Crippen LogP contribution is 2.28. The van der Waals surface area contributed by atoms with Crippen LogP contribution in [0.5, 0.6) is 0 Å².